The third-order valence-electron chi connectivity index (χ3n) is 5.98. The largest absolute Gasteiger partial charge is 0.491 e. The van der Waals surface area contributed by atoms with Gasteiger partial charge in [0, 0.05) is 29.6 Å². The lowest BCUT2D eigenvalue weighted by atomic mass is 10.1. The maximum atomic E-state index is 12.8. The van der Waals surface area contributed by atoms with E-state index in [0.29, 0.717) is 31.1 Å². The minimum atomic E-state index is 0.0176. The molecule has 0 saturated carbocycles. The van der Waals surface area contributed by atoms with Gasteiger partial charge in [0.2, 0.25) is 5.91 Å². The predicted octanol–water partition coefficient (Wildman–Crippen LogP) is 5.60. The van der Waals surface area contributed by atoms with E-state index in [1.54, 1.807) is 0 Å². The van der Waals surface area contributed by atoms with Crippen molar-refractivity contribution in [1.82, 2.24) is 9.55 Å². The zero-order valence-electron chi connectivity index (χ0n) is 17.9. The van der Waals surface area contributed by atoms with Crippen LogP contribution in [0.5, 0.6) is 5.75 Å². The van der Waals surface area contributed by atoms with Crippen LogP contribution in [0.25, 0.3) is 11.0 Å². The van der Waals surface area contributed by atoms with Crippen LogP contribution in [-0.4, -0.2) is 28.6 Å². The van der Waals surface area contributed by atoms with Gasteiger partial charge >= 0.3 is 0 Å². The number of fused-ring (bicyclic) bond motifs is 1. The number of ether oxygens (including phenoxy) is 1. The normalized spacial score (nSPS) is 16.1. The number of amides is 1. The van der Waals surface area contributed by atoms with Crippen molar-refractivity contribution in [1.29, 1.82) is 0 Å². The zero-order valence-corrected chi connectivity index (χ0v) is 18.6. The van der Waals surface area contributed by atoms with Gasteiger partial charge in [-0.3, -0.25) is 4.79 Å². The average Bonchev–Trinajstić information content (AvgIpc) is 3.36. The third-order valence-corrected chi connectivity index (χ3v) is 6.23. The summed E-state index contributed by atoms with van der Waals surface area (Å²) in [4.78, 5) is 19.6. The van der Waals surface area contributed by atoms with E-state index in [1.807, 2.05) is 78.6 Å². The first-order valence-electron chi connectivity index (χ1n) is 10.8. The second-order valence-corrected chi connectivity index (χ2v) is 8.54. The summed E-state index contributed by atoms with van der Waals surface area (Å²) < 4.78 is 8.27. The fourth-order valence-electron chi connectivity index (χ4n) is 4.36. The summed E-state index contributed by atoms with van der Waals surface area (Å²) >= 11 is 6.02. The SMILES string of the molecule is Cc1ccccc1OCCn1c(C2CC(=O)N(c3ccc(Cl)cc3)C2)nc2ccccc21. The zero-order chi connectivity index (χ0) is 22.1. The number of rotatable bonds is 6. The summed E-state index contributed by atoms with van der Waals surface area (Å²) in [5.74, 6) is 1.95. The molecule has 0 bridgehead atoms. The summed E-state index contributed by atoms with van der Waals surface area (Å²) in [6, 6.07) is 23.5. The molecule has 6 heteroatoms. The monoisotopic (exact) mass is 445 g/mol. The number of aryl methyl sites for hydroxylation is 1. The van der Waals surface area contributed by atoms with Gasteiger partial charge in [0.25, 0.3) is 0 Å². The van der Waals surface area contributed by atoms with Gasteiger partial charge in [-0.15, -0.1) is 0 Å². The standard InChI is InChI=1S/C26H24ClN3O2/c1-18-6-2-5-9-24(18)32-15-14-29-23-8-4-3-7-22(23)28-26(29)19-16-25(31)30(17-19)21-12-10-20(27)11-13-21/h2-13,19H,14-17H2,1H3. The lowest BCUT2D eigenvalue weighted by Gasteiger charge is -2.18. The van der Waals surface area contributed by atoms with Gasteiger partial charge < -0.3 is 14.2 Å². The molecule has 32 heavy (non-hydrogen) atoms. The molecule has 1 saturated heterocycles. The number of carbonyl (C=O) groups is 1. The molecule has 5 nitrogen and oxygen atoms in total. The van der Waals surface area contributed by atoms with Crippen molar-refractivity contribution in [3.63, 3.8) is 0 Å². The van der Waals surface area contributed by atoms with Crippen molar-refractivity contribution >= 4 is 34.2 Å². The number of benzene rings is 3. The maximum Gasteiger partial charge on any atom is 0.227 e. The molecule has 1 atom stereocenters. The maximum absolute atomic E-state index is 12.8. The van der Waals surface area contributed by atoms with Crippen LogP contribution in [0.4, 0.5) is 5.69 Å². The van der Waals surface area contributed by atoms with E-state index in [1.165, 1.54) is 0 Å². The molecule has 1 aliphatic heterocycles. The number of para-hydroxylation sites is 3. The minimum Gasteiger partial charge on any atom is -0.491 e. The Bertz CT molecular complexity index is 1270. The summed E-state index contributed by atoms with van der Waals surface area (Å²) in [6.07, 6.45) is 0.435. The van der Waals surface area contributed by atoms with Crippen LogP contribution in [0.15, 0.2) is 72.8 Å². The van der Waals surface area contributed by atoms with Gasteiger partial charge in [-0.1, -0.05) is 41.9 Å². The summed E-state index contributed by atoms with van der Waals surface area (Å²) in [6.45, 7) is 3.83. The van der Waals surface area contributed by atoms with Gasteiger partial charge in [-0.25, -0.2) is 4.98 Å². The molecular weight excluding hydrogens is 422 g/mol. The molecule has 3 aromatic carbocycles. The summed E-state index contributed by atoms with van der Waals surface area (Å²) in [5.41, 5.74) is 3.99. The first-order chi connectivity index (χ1) is 15.6. The number of aromatic nitrogens is 2. The molecule has 5 rings (SSSR count). The minimum absolute atomic E-state index is 0.0176. The second kappa shape index (κ2) is 8.67. The molecule has 0 aliphatic carbocycles. The molecule has 2 heterocycles. The number of imidazole rings is 1. The van der Waals surface area contributed by atoms with Gasteiger partial charge in [-0.05, 0) is 55.0 Å². The van der Waals surface area contributed by atoms with Crippen molar-refractivity contribution in [2.75, 3.05) is 18.1 Å². The predicted molar refractivity (Wildman–Crippen MR) is 128 cm³/mol. The first kappa shape index (κ1) is 20.6. The van der Waals surface area contributed by atoms with Crippen LogP contribution >= 0.6 is 11.6 Å². The number of nitrogens with zero attached hydrogens (tertiary/aromatic N) is 3. The fourth-order valence-corrected chi connectivity index (χ4v) is 4.48. The van der Waals surface area contributed by atoms with Crippen molar-refractivity contribution in [2.24, 2.45) is 0 Å². The Hall–Kier alpha value is -3.31. The Morgan fingerprint density at radius 3 is 2.59 bits per heavy atom. The second-order valence-electron chi connectivity index (χ2n) is 8.11. The quantitative estimate of drug-likeness (QED) is 0.388. The van der Waals surface area contributed by atoms with Crippen LogP contribution in [-0.2, 0) is 11.3 Å². The van der Waals surface area contributed by atoms with E-state index >= 15 is 0 Å². The topological polar surface area (TPSA) is 47.4 Å². The fraction of sp³-hybridized carbons (Fsp3) is 0.231. The van der Waals surface area contributed by atoms with Crippen LogP contribution in [0.1, 0.15) is 23.7 Å². The number of halogens is 1. The number of hydrogen-bond donors (Lipinski definition) is 0. The number of anilines is 1. The van der Waals surface area contributed by atoms with Crippen LogP contribution in [0, 0.1) is 6.92 Å². The van der Waals surface area contributed by atoms with Gasteiger partial charge in [0.1, 0.15) is 18.2 Å². The molecule has 162 valence electrons. The van der Waals surface area contributed by atoms with Gasteiger partial charge in [-0.2, -0.15) is 0 Å². The summed E-state index contributed by atoms with van der Waals surface area (Å²) in [7, 11) is 0. The molecule has 0 spiro atoms. The molecule has 1 amide bonds. The van der Waals surface area contributed by atoms with E-state index in [9.17, 15) is 4.79 Å². The van der Waals surface area contributed by atoms with Crippen LogP contribution in [0.2, 0.25) is 5.02 Å². The van der Waals surface area contributed by atoms with E-state index in [-0.39, 0.29) is 11.8 Å². The van der Waals surface area contributed by atoms with Crippen LogP contribution < -0.4 is 9.64 Å². The van der Waals surface area contributed by atoms with Crippen molar-refractivity contribution < 1.29 is 9.53 Å². The lowest BCUT2D eigenvalue weighted by Crippen LogP contribution is -2.24. The molecule has 1 fully saturated rings. The Balaban J connectivity index is 1.41. The Labute approximate surface area is 192 Å². The van der Waals surface area contributed by atoms with E-state index < -0.39 is 0 Å². The molecular formula is C26H24ClN3O2. The number of carbonyl (C=O) groups excluding carboxylic acids is 1. The van der Waals surface area contributed by atoms with Crippen molar-refractivity contribution in [3.05, 3.63) is 89.2 Å². The van der Waals surface area contributed by atoms with Gasteiger partial charge in [0.15, 0.2) is 0 Å². The highest BCUT2D eigenvalue weighted by Gasteiger charge is 2.34. The molecule has 0 radical (unpaired) electrons. The summed E-state index contributed by atoms with van der Waals surface area (Å²) in [5, 5.41) is 0.660. The third kappa shape index (κ3) is 3.96. The van der Waals surface area contributed by atoms with Crippen LogP contribution in [0.3, 0.4) is 0 Å². The molecule has 1 unspecified atom stereocenters. The average molecular weight is 446 g/mol. The Morgan fingerprint density at radius 2 is 1.78 bits per heavy atom. The van der Waals surface area contributed by atoms with Crippen molar-refractivity contribution in [2.45, 2.75) is 25.8 Å². The highest BCUT2D eigenvalue weighted by molar-refractivity contribution is 6.30. The van der Waals surface area contributed by atoms with Gasteiger partial charge in [0.05, 0.1) is 17.6 Å². The molecule has 1 aliphatic rings. The smallest absolute Gasteiger partial charge is 0.227 e. The molecule has 4 aromatic rings. The van der Waals surface area contributed by atoms with E-state index in [0.717, 1.165) is 33.9 Å². The molecule has 0 N–H and O–H groups in total. The van der Waals surface area contributed by atoms with E-state index in [4.69, 9.17) is 21.3 Å². The highest BCUT2D eigenvalue weighted by Crippen LogP contribution is 2.33. The van der Waals surface area contributed by atoms with Crippen molar-refractivity contribution in [3.8, 4) is 5.75 Å². The Kier molecular flexibility index (Phi) is 5.58. The van der Waals surface area contributed by atoms with E-state index in [2.05, 4.69) is 10.6 Å². The first-order valence-corrected chi connectivity index (χ1v) is 11.2. The highest BCUT2D eigenvalue weighted by atomic mass is 35.5. The lowest BCUT2D eigenvalue weighted by molar-refractivity contribution is -0.117. The molecule has 1 aromatic heterocycles. The number of hydrogen-bond acceptors (Lipinski definition) is 3. The Morgan fingerprint density at radius 1 is 1.03 bits per heavy atom.